The molecule has 0 spiro atoms. The van der Waals surface area contributed by atoms with E-state index in [1.165, 1.54) is 6.92 Å². The molecule has 1 aliphatic rings. The lowest BCUT2D eigenvalue weighted by Crippen LogP contribution is -2.56. The third-order valence-corrected chi connectivity index (χ3v) is 4.62. The van der Waals surface area contributed by atoms with Gasteiger partial charge in [0.1, 0.15) is 0 Å². The van der Waals surface area contributed by atoms with Gasteiger partial charge >= 0.3 is 6.18 Å². The molecule has 0 bridgehead atoms. The number of hydrogen-bond donors (Lipinski definition) is 2. The van der Waals surface area contributed by atoms with Gasteiger partial charge in [-0.15, -0.1) is 0 Å². The van der Waals surface area contributed by atoms with Gasteiger partial charge in [0.2, 0.25) is 0 Å². The molecule has 0 amide bonds. The molecule has 7 heteroatoms. The Balaban J connectivity index is 1.93. The molecule has 0 saturated carbocycles. The topological polar surface area (TPSA) is 56.6 Å². The van der Waals surface area contributed by atoms with Gasteiger partial charge in [0.05, 0.1) is 5.60 Å². The molecule has 2 heterocycles. The number of hydrogen-bond acceptors (Lipinski definition) is 4. The highest BCUT2D eigenvalue weighted by Crippen LogP contribution is 2.35. The molecule has 1 aromatic heterocycles. The van der Waals surface area contributed by atoms with Gasteiger partial charge in [0.15, 0.2) is 5.60 Å². The van der Waals surface area contributed by atoms with E-state index in [1.54, 1.807) is 17.2 Å². The van der Waals surface area contributed by atoms with Crippen LogP contribution < -0.4 is 0 Å². The normalized spacial score (nSPS) is 21.8. The van der Waals surface area contributed by atoms with Gasteiger partial charge in [-0.3, -0.25) is 9.88 Å². The minimum Gasteiger partial charge on any atom is -0.389 e. The number of aliphatic hydroxyl groups is 2. The van der Waals surface area contributed by atoms with Crippen LogP contribution in [0.4, 0.5) is 13.2 Å². The Morgan fingerprint density at radius 2 is 1.91 bits per heavy atom. The molecule has 4 nitrogen and oxygen atoms in total. The second-order valence-electron chi connectivity index (χ2n) is 6.38. The first-order chi connectivity index (χ1) is 10.7. The van der Waals surface area contributed by atoms with Gasteiger partial charge in [0, 0.05) is 37.9 Å². The summed E-state index contributed by atoms with van der Waals surface area (Å²) < 4.78 is 38.9. The van der Waals surface area contributed by atoms with Gasteiger partial charge in [-0.05, 0) is 31.4 Å². The van der Waals surface area contributed by atoms with Crippen molar-refractivity contribution in [1.29, 1.82) is 0 Å². The summed E-state index contributed by atoms with van der Waals surface area (Å²) in [5.41, 5.74) is -2.87. The van der Waals surface area contributed by atoms with Crippen LogP contribution in [0.25, 0.3) is 0 Å². The number of pyridine rings is 1. The van der Waals surface area contributed by atoms with Crippen molar-refractivity contribution in [3.63, 3.8) is 0 Å². The van der Waals surface area contributed by atoms with Crippen LogP contribution in [-0.2, 0) is 6.42 Å². The number of β-amino-alcohol motifs (C(OH)–C–C–N with tert-alkyl or cyclic N) is 1. The first-order valence-electron chi connectivity index (χ1n) is 7.81. The highest BCUT2D eigenvalue weighted by molar-refractivity contribution is 5.08. The molecule has 2 rings (SSSR count). The van der Waals surface area contributed by atoms with Crippen LogP contribution in [0.1, 0.15) is 31.9 Å². The van der Waals surface area contributed by atoms with Crippen molar-refractivity contribution in [2.75, 3.05) is 19.6 Å². The van der Waals surface area contributed by atoms with E-state index in [9.17, 15) is 23.4 Å². The summed E-state index contributed by atoms with van der Waals surface area (Å²) in [7, 11) is 0. The minimum absolute atomic E-state index is 0.321. The van der Waals surface area contributed by atoms with Crippen LogP contribution >= 0.6 is 0 Å². The molecule has 1 aliphatic heterocycles. The number of halogens is 3. The zero-order valence-corrected chi connectivity index (χ0v) is 13.2. The zero-order chi connectivity index (χ0) is 17.1. The largest absolute Gasteiger partial charge is 0.418 e. The number of rotatable bonds is 5. The average Bonchev–Trinajstić information content (AvgIpc) is 2.49. The number of alkyl halides is 3. The molecular formula is C16H23F3N2O2. The number of aromatic nitrogens is 1. The smallest absolute Gasteiger partial charge is 0.389 e. The Bertz CT molecular complexity index is 502. The van der Waals surface area contributed by atoms with Crippen LogP contribution in [0.15, 0.2) is 24.4 Å². The molecule has 1 fully saturated rings. The van der Waals surface area contributed by atoms with E-state index in [0.717, 1.165) is 5.69 Å². The van der Waals surface area contributed by atoms with E-state index in [0.29, 0.717) is 32.4 Å². The van der Waals surface area contributed by atoms with Crippen molar-refractivity contribution >= 4 is 0 Å². The van der Waals surface area contributed by atoms with E-state index in [4.69, 9.17) is 0 Å². The second-order valence-corrected chi connectivity index (χ2v) is 6.38. The summed E-state index contributed by atoms with van der Waals surface area (Å²) in [6, 6.07) is 5.45. The molecule has 0 aliphatic carbocycles. The first-order valence-corrected chi connectivity index (χ1v) is 7.81. The van der Waals surface area contributed by atoms with E-state index in [2.05, 4.69) is 4.98 Å². The van der Waals surface area contributed by atoms with Crippen molar-refractivity contribution < 1.29 is 23.4 Å². The van der Waals surface area contributed by atoms with Crippen molar-refractivity contribution in [2.45, 2.75) is 50.0 Å². The van der Waals surface area contributed by atoms with Gasteiger partial charge in [0.25, 0.3) is 0 Å². The predicted octanol–water partition coefficient (Wildman–Crippen LogP) is 2.15. The van der Waals surface area contributed by atoms with Crippen LogP contribution in [-0.4, -0.2) is 57.1 Å². The standard InChI is InChI=1S/C16H23F3N2O2/c1-2-15(23,16(17,18)19)12-21-9-6-14(22,7-10-21)11-13-5-3-4-8-20-13/h3-5,8,22-23H,2,6-7,9-12H2,1H3. The molecule has 1 saturated heterocycles. The number of nitrogens with zero attached hydrogens (tertiary/aromatic N) is 2. The average molecular weight is 332 g/mol. The van der Waals surface area contributed by atoms with Crippen molar-refractivity contribution in [3.05, 3.63) is 30.1 Å². The van der Waals surface area contributed by atoms with E-state index < -0.39 is 23.9 Å². The summed E-state index contributed by atoms with van der Waals surface area (Å²) in [5, 5.41) is 20.4. The molecule has 1 aromatic rings. The Morgan fingerprint density at radius 1 is 1.26 bits per heavy atom. The van der Waals surface area contributed by atoms with E-state index >= 15 is 0 Å². The SMILES string of the molecule is CCC(O)(CN1CCC(O)(Cc2ccccn2)CC1)C(F)(F)F. The number of piperidine rings is 1. The molecule has 2 N–H and O–H groups in total. The monoisotopic (exact) mass is 332 g/mol. The third kappa shape index (κ3) is 4.43. The Kier molecular flexibility index (Phi) is 5.33. The summed E-state index contributed by atoms with van der Waals surface area (Å²) in [6.07, 6.45) is -2.27. The van der Waals surface area contributed by atoms with Crippen molar-refractivity contribution in [1.82, 2.24) is 9.88 Å². The predicted molar refractivity (Wildman–Crippen MR) is 79.9 cm³/mol. The zero-order valence-electron chi connectivity index (χ0n) is 13.2. The third-order valence-electron chi connectivity index (χ3n) is 4.62. The van der Waals surface area contributed by atoms with Crippen LogP contribution in [0.5, 0.6) is 0 Å². The summed E-state index contributed by atoms with van der Waals surface area (Å²) in [4.78, 5) is 5.75. The Hall–Kier alpha value is -1.18. The van der Waals surface area contributed by atoms with Crippen LogP contribution in [0.2, 0.25) is 0 Å². The lowest BCUT2D eigenvalue weighted by molar-refractivity contribution is -0.267. The van der Waals surface area contributed by atoms with Gasteiger partial charge < -0.3 is 10.2 Å². The van der Waals surface area contributed by atoms with E-state index in [1.807, 2.05) is 12.1 Å². The minimum atomic E-state index is -4.65. The summed E-state index contributed by atoms with van der Waals surface area (Å²) in [6.45, 7) is 1.52. The lowest BCUT2D eigenvalue weighted by Gasteiger charge is -2.41. The molecule has 1 unspecified atom stereocenters. The maximum absolute atomic E-state index is 13.0. The fourth-order valence-electron chi connectivity index (χ4n) is 2.92. The Labute approximate surface area is 134 Å². The molecule has 0 aromatic carbocycles. The molecular weight excluding hydrogens is 309 g/mol. The quantitative estimate of drug-likeness (QED) is 0.868. The molecule has 0 radical (unpaired) electrons. The lowest BCUT2D eigenvalue weighted by atomic mass is 9.86. The first kappa shape index (κ1) is 18.2. The second kappa shape index (κ2) is 6.75. The summed E-state index contributed by atoms with van der Waals surface area (Å²) in [5.74, 6) is 0. The maximum atomic E-state index is 13.0. The molecule has 130 valence electrons. The Morgan fingerprint density at radius 3 is 2.39 bits per heavy atom. The highest BCUT2D eigenvalue weighted by Gasteiger charge is 2.53. The van der Waals surface area contributed by atoms with Gasteiger partial charge in [-0.25, -0.2) is 0 Å². The van der Waals surface area contributed by atoms with Gasteiger partial charge in [-0.2, -0.15) is 13.2 Å². The highest BCUT2D eigenvalue weighted by atomic mass is 19.4. The van der Waals surface area contributed by atoms with E-state index in [-0.39, 0.29) is 6.42 Å². The van der Waals surface area contributed by atoms with Crippen molar-refractivity contribution in [3.8, 4) is 0 Å². The maximum Gasteiger partial charge on any atom is 0.418 e. The fourth-order valence-corrected chi connectivity index (χ4v) is 2.92. The molecule has 23 heavy (non-hydrogen) atoms. The molecule has 1 atom stereocenters. The fraction of sp³-hybridized carbons (Fsp3) is 0.688. The van der Waals surface area contributed by atoms with Crippen LogP contribution in [0, 0.1) is 0 Å². The van der Waals surface area contributed by atoms with Crippen molar-refractivity contribution in [2.24, 2.45) is 0 Å². The van der Waals surface area contributed by atoms with Gasteiger partial charge in [-0.1, -0.05) is 13.0 Å². The number of likely N-dealkylation sites (tertiary alicyclic amines) is 1. The summed E-state index contributed by atoms with van der Waals surface area (Å²) >= 11 is 0. The van der Waals surface area contributed by atoms with Crippen LogP contribution in [0.3, 0.4) is 0 Å².